The molecule has 0 amide bonds. The number of carbonyl (C=O) groups is 2. The van der Waals surface area contributed by atoms with Crippen LogP contribution in [0.5, 0.6) is 0 Å². The van der Waals surface area contributed by atoms with Crippen molar-refractivity contribution in [2.24, 2.45) is 11.8 Å². The Morgan fingerprint density at radius 2 is 2.00 bits per heavy atom. The molecule has 0 aromatic rings. The van der Waals surface area contributed by atoms with Crippen LogP contribution >= 0.6 is 0 Å². The maximum absolute atomic E-state index is 12.6. The first-order valence-electron chi connectivity index (χ1n) is 8.84. The fraction of sp³-hybridized carbons (Fsp3) is 0.778. The number of aliphatic hydroxyl groups is 1. The van der Waals surface area contributed by atoms with Crippen LogP contribution in [0.25, 0.3) is 0 Å². The quantitative estimate of drug-likeness (QED) is 0.530. The van der Waals surface area contributed by atoms with E-state index in [0.717, 1.165) is 25.9 Å². The molecule has 134 valence electrons. The molecule has 0 saturated carbocycles. The number of carbonyl (C=O) groups excluding carboxylic acids is 2. The lowest BCUT2D eigenvalue weighted by molar-refractivity contribution is -0.172. The first-order valence-corrected chi connectivity index (χ1v) is 8.84. The van der Waals surface area contributed by atoms with Crippen molar-refractivity contribution in [3.63, 3.8) is 0 Å². The van der Waals surface area contributed by atoms with E-state index < -0.39 is 17.5 Å². The Bertz CT molecular complexity index is 556. The van der Waals surface area contributed by atoms with E-state index in [2.05, 4.69) is 4.90 Å². The molecule has 3 fully saturated rings. The number of nitrogens with zero attached hydrogens (tertiary/aromatic N) is 1. The van der Waals surface area contributed by atoms with E-state index >= 15 is 0 Å². The Morgan fingerprint density at radius 3 is 2.71 bits per heavy atom. The van der Waals surface area contributed by atoms with Crippen molar-refractivity contribution in [1.82, 2.24) is 4.90 Å². The van der Waals surface area contributed by atoms with Crippen LogP contribution < -0.4 is 0 Å². The van der Waals surface area contributed by atoms with Gasteiger partial charge in [0.1, 0.15) is 6.10 Å². The van der Waals surface area contributed by atoms with Gasteiger partial charge < -0.3 is 14.6 Å². The summed E-state index contributed by atoms with van der Waals surface area (Å²) in [7, 11) is 0. The Balaban J connectivity index is 1.89. The smallest absolute Gasteiger partial charge is 0.338 e. The largest absolute Gasteiger partial charge is 0.463 e. The first-order chi connectivity index (χ1) is 11.3. The second kappa shape index (κ2) is 6.48. The Morgan fingerprint density at radius 1 is 1.29 bits per heavy atom. The number of esters is 2. The number of ether oxygens (including phenoxy) is 2. The molecule has 0 spiro atoms. The molecule has 3 saturated heterocycles. The lowest BCUT2D eigenvalue weighted by Gasteiger charge is -2.32. The summed E-state index contributed by atoms with van der Waals surface area (Å²) in [4.78, 5) is 27.3. The van der Waals surface area contributed by atoms with Crippen LogP contribution in [0, 0.1) is 11.8 Å². The van der Waals surface area contributed by atoms with E-state index in [1.54, 1.807) is 19.9 Å². The van der Waals surface area contributed by atoms with Crippen molar-refractivity contribution in [2.75, 3.05) is 19.7 Å². The van der Waals surface area contributed by atoms with E-state index in [1.807, 2.05) is 0 Å². The summed E-state index contributed by atoms with van der Waals surface area (Å²) in [5.74, 6) is -1.23. The molecular formula is C18H27NO5. The van der Waals surface area contributed by atoms with Gasteiger partial charge in [-0.1, -0.05) is 13.0 Å². The molecular weight excluding hydrogens is 310 g/mol. The fourth-order valence-electron chi connectivity index (χ4n) is 4.11. The number of cyclic esters (lactones) is 1. The second-order valence-corrected chi connectivity index (χ2v) is 7.47. The SMILES string of the molecule is C/C=C1/CC(C)C(C)(O)C(=O)OC[C@H]2CCN3CC[C@@H](OC1=O)[C@@H]23. The monoisotopic (exact) mass is 337 g/mol. The molecule has 0 aromatic carbocycles. The minimum absolute atomic E-state index is 0.113. The van der Waals surface area contributed by atoms with Gasteiger partial charge in [0.25, 0.3) is 0 Å². The minimum Gasteiger partial charge on any atom is -0.463 e. The number of allylic oxidation sites excluding steroid dienone is 1. The van der Waals surface area contributed by atoms with Gasteiger partial charge in [0.2, 0.25) is 0 Å². The molecule has 0 aromatic heterocycles. The van der Waals surface area contributed by atoms with Crippen LogP contribution in [-0.2, 0) is 19.1 Å². The van der Waals surface area contributed by atoms with Crippen LogP contribution in [-0.4, -0.2) is 59.4 Å². The molecule has 3 heterocycles. The topological polar surface area (TPSA) is 76.1 Å². The Kier molecular flexibility index (Phi) is 4.71. The third-order valence-electron chi connectivity index (χ3n) is 5.97. The van der Waals surface area contributed by atoms with Crippen molar-refractivity contribution in [3.05, 3.63) is 11.6 Å². The standard InChI is InChI=1S/C18H27NO5/c1-4-12-9-11(2)18(3,22)17(21)23-10-13-5-7-19-8-6-14(15(13)19)24-16(12)20/h4,11,13-15,22H,5-10H2,1-3H3/b12-4-/t11?,13-,14-,15-,18?/m1/s1. The van der Waals surface area contributed by atoms with Gasteiger partial charge in [-0.25, -0.2) is 9.59 Å². The Hall–Kier alpha value is -1.40. The molecule has 5 atom stereocenters. The maximum Gasteiger partial charge on any atom is 0.338 e. The average molecular weight is 337 g/mol. The number of rotatable bonds is 0. The van der Waals surface area contributed by atoms with Gasteiger partial charge in [0.05, 0.1) is 12.6 Å². The number of hydrogen-bond donors (Lipinski definition) is 1. The Labute approximate surface area is 142 Å². The zero-order chi connectivity index (χ0) is 17.5. The zero-order valence-corrected chi connectivity index (χ0v) is 14.7. The fourth-order valence-corrected chi connectivity index (χ4v) is 4.11. The molecule has 3 rings (SSSR count). The van der Waals surface area contributed by atoms with E-state index in [9.17, 15) is 14.7 Å². The molecule has 6 heteroatoms. The predicted octanol–water partition coefficient (Wildman–Crippen LogP) is 1.27. The van der Waals surface area contributed by atoms with Crippen molar-refractivity contribution in [3.8, 4) is 0 Å². The molecule has 3 aliphatic rings. The zero-order valence-electron chi connectivity index (χ0n) is 14.7. The summed E-state index contributed by atoms with van der Waals surface area (Å²) < 4.78 is 11.3. The molecule has 2 unspecified atom stereocenters. The third-order valence-corrected chi connectivity index (χ3v) is 5.97. The van der Waals surface area contributed by atoms with Crippen LogP contribution in [0.3, 0.4) is 0 Å². The van der Waals surface area contributed by atoms with Gasteiger partial charge in [0.15, 0.2) is 5.60 Å². The van der Waals surface area contributed by atoms with Crippen molar-refractivity contribution < 1.29 is 24.2 Å². The van der Waals surface area contributed by atoms with Crippen molar-refractivity contribution >= 4 is 11.9 Å². The van der Waals surface area contributed by atoms with Gasteiger partial charge in [0, 0.05) is 18.0 Å². The minimum atomic E-state index is -1.62. The van der Waals surface area contributed by atoms with Gasteiger partial charge in [-0.2, -0.15) is 0 Å². The van der Waals surface area contributed by atoms with Crippen molar-refractivity contribution in [1.29, 1.82) is 0 Å². The molecule has 0 aliphatic carbocycles. The van der Waals surface area contributed by atoms with Crippen molar-refractivity contribution in [2.45, 2.75) is 57.8 Å². The number of hydrogen-bond acceptors (Lipinski definition) is 6. The normalized spacial score (nSPS) is 42.9. The maximum atomic E-state index is 12.6. The summed E-state index contributed by atoms with van der Waals surface area (Å²) in [6.07, 6.45) is 3.59. The second-order valence-electron chi connectivity index (χ2n) is 7.47. The van der Waals surface area contributed by atoms with Gasteiger partial charge >= 0.3 is 11.9 Å². The van der Waals surface area contributed by atoms with Crippen LogP contribution in [0.15, 0.2) is 11.6 Å². The molecule has 6 nitrogen and oxygen atoms in total. The highest BCUT2D eigenvalue weighted by Gasteiger charge is 2.48. The lowest BCUT2D eigenvalue weighted by atomic mass is 9.85. The molecule has 24 heavy (non-hydrogen) atoms. The summed E-state index contributed by atoms with van der Waals surface area (Å²) in [6.45, 7) is 7.11. The summed E-state index contributed by atoms with van der Waals surface area (Å²) >= 11 is 0. The van der Waals surface area contributed by atoms with E-state index in [-0.39, 0.29) is 37.1 Å². The highest BCUT2D eigenvalue weighted by atomic mass is 16.6. The van der Waals surface area contributed by atoms with Crippen LogP contribution in [0.2, 0.25) is 0 Å². The highest BCUT2D eigenvalue weighted by molar-refractivity contribution is 5.89. The summed E-state index contributed by atoms with van der Waals surface area (Å²) in [6, 6.07) is 0.113. The van der Waals surface area contributed by atoms with Gasteiger partial charge in [-0.15, -0.1) is 0 Å². The molecule has 0 radical (unpaired) electrons. The molecule has 3 aliphatic heterocycles. The molecule has 1 N–H and O–H groups in total. The van der Waals surface area contributed by atoms with E-state index in [0.29, 0.717) is 5.57 Å². The van der Waals surface area contributed by atoms with Crippen LogP contribution in [0.4, 0.5) is 0 Å². The molecule has 0 bridgehead atoms. The van der Waals surface area contributed by atoms with E-state index in [1.165, 1.54) is 6.92 Å². The summed E-state index contributed by atoms with van der Waals surface area (Å²) in [5, 5.41) is 10.6. The summed E-state index contributed by atoms with van der Waals surface area (Å²) in [5.41, 5.74) is -1.12. The van der Waals surface area contributed by atoms with Crippen LogP contribution in [0.1, 0.15) is 40.0 Å². The predicted molar refractivity (Wildman–Crippen MR) is 87.1 cm³/mol. The highest BCUT2D eigenvalue weighted by Crippen LogP contribution is 2.36. The van der Waals surface area contributed by atoms with E-state index in [4.69, 9.17) is 9.47 Å². The third kappa shape index (κ3) is 2.97. The van der Waals surface area contributed by atoms with Gasteiger partial charge in [-0.3, -0.25) is 4.90 Å². The first kappa shape index (κ1) is 17.4. The average Bonchev–Trinajstić information content (AvgIpc) is 3.12. The van der Waals surface area contributed by atoms with Gasteiger partial charge in [-0.05, 0) is 45.6 Å². The lowest BCUT2D eigenvalue weighted by Crippen LogP contribution is -2.46.